The molecule has 0 bridgehead atoms. The van der Waals surface area contributed by atoms with Gasteiger partial charge in [0.1, 0.15) is 11.6 Å². The van der Waals surface area contributed by atoms with E-state index < -0.39 is 11.7 Å². The number of benzene rings is 2. The van der Waals surface area contributed by atoms with Gasteiger partial charge in [-0.05, 0) is 82.1 Å². The minimum atomic E-state index is -0.491. The highest BCUT2D eigenvalue weighted by Crippen LogP contribution is 2.17. The number of amides is 1. The SMILES string of the molecule is CCN(CC)CCCC(C)N=C(N)NC(=O)c1cccc(F)c1CCc1ccc(F)cc1. The number of hydrogen-bond acceptors (Lipinski definition) is 3. The van der Waals surface area contributed by atoms with Crippen molar-refractivity contribution in [3.63, 3.8) is 0 Å². The van der Waals surface area contributed by atoms with Crippen molar-refractivity contribution in [3.05, 3.63) is 70.8 Å². The van der Waals surface area contributed by atoms with Crippen molar-refractivity contribution in [1.82, 2.24) is 10.2 Å². The topological polar surface area (TPSA) is 70.7 Å². The van der Waals surface area contributed by atoms with Gasteiger partial charge < -0.3 is 10.6 Å². The van der Waals surface area contributed by atoms with Crippen LogP contribution in [0.2, 0.25) is 0 Å². The van der Waals surface area contributed by atoms with Gasteiger partial charge in [0.2, 0.25) is 0 Å². The van der Waals surface area contributed by atoms with E-state index in [1.165, 1.54) is 24.3 Å². The van der Waals surface area contributed by atoms with Gasteiger partial charge >= 0.3 is 0 Å². The van der Waals surface area contributed by atoms with Crippen molar-refractivity contribution in [1.29, 1.82) is 0 Å². The third-order valence-electron chi connectivity index (χ3n) is 5.53. The van der Waals surface area contributed by atoms with E-state index in [2.05, 4.69) is 29.1 Å². The predicted molar refractivity (Wildman–Crippen MR) is 126 cm³/mol. The molecule has 32 heavy (non-hydrogen) atoms. The molecule has 2 aromatic carbocycles. The van der Waals surface area contributed by atoms with Crippen LogP contribution in [0, 0.1) is 11.6 Å². The average Bonchev–Trinajstić information content (AvgIpc) is 2.76. The molecule has 0 radical (unpaired) electrons. The number of guanidine groups is 1. The first-order chi connectivity index (χ1) is 15.3. The lowest BCUT2D eigenvalue weighted by Crippen LogP contribution is -2.38. The smallest absolute Gasteiger partial charge is 0.258 e. The number of aliphatic imine (C=N–C) groups is 1. The number of hydrogen-bond donors (Lipinski definition) is 2. The summed E-state index contributed by atoms with van der Waals surface area (Å²) in [4.78, 5) is 19.5. The molecule has 1 amide bonds. The Labute approximate surface area is 189 Å². The lowest BCUT2D eigenvalue weighted by atomic mass is 9.98. The Morgan fingerprint density at radius 3 is 2.44 bits per heavy atom. The average molecular weight is 445 g/mol. The summed E-state index contributed by atoms with van der Waals surface area (Å²) in [5.74, 6) is -1.24. The first-order valence-corrected chi connectivity index (χ1v) is 11.2. The standard InChI is InChI=1S/C25H34F2N4O/c1-4-31(5-2)17-7-8-18(3)29-25(28)30-24(32)22-9-6-10-23(27)21(22)16-13-19-11-14-20(26)15-12-19/h6,9-12,14-15,18H,4-5,7-8,13,16-17H2,1-3H3,(H3,28,29,30,32). The van der Waals surface area contributed by atoms with Crippen molar-refractivity contribution in [3.8, 4) is 0 Å². The maximum Gasteiger partial charge on any atom is 0.258 e. The third-order valence-corrected chi connectivity index (χ3v) is 5.53. The van der Waals surface area contributed by atoms with Crippen molar-refractivity contribution in [2.75, 3.05) is 19.6 Å². The molecule has 5 nitrogen and oxygen atoms in total. The molecular weight excluding hydrogens is 410 g/mol. The van der Waals surface area contributed by atoms with Crippen LogP contribution in [0.4, 0.5) is 8.78 Å². The monoisotopic (exact) mass is 444 g/mol. The molecule has 0 saturated carbocycles. The number of nitrogens with one attached hydrogen (secondary N) is 1. The van der Waals surface area contributed by atoms with Crippen LogP contribution in [0.5, 0.6) is 0 Å². The van der Waals surface area contributed by atoms with Crippen molar-refractivity contribution < 1.29 is 13.6 Å². The Kier molecular flexibility index (Phi) is 10.3. The Morgan fingerprint density at radius 2 is 1.78 bits per heavy atom. The molecule has 0 aliphatic carbocycles. The largest absolute Gasteiger partial charge is 0.370 e. The van der Waals surface area contributed by atoms with Crippen LogP contribution in [0.15, 0.2) is 47.5 Å². The van der Waals surface area contributed by atoms with Gasteiger partial charge in [0.05, 0.1) is 6.04 Å². The van der Waals surface area contributed by atoms with Gasteiger partial charge in [-0.3, -0.25) is 15.1 Å². The van der Waals surface area contributed by atoms with Gasteiger partial charge in [0, 0.05) is 11.1 Å². The minimum absolute atomic E-state index is 0.0269. The highest BCUT2D eigenvalue weighted by atomic mass is 19.1. The fourth-order valence-electron chi connectivity index (χ4n) is 3.61. The number of aryl methyl sites for hydroxylation is 1. The zero-order valence-corrected chi connectivity index (χ0v) is 19.2. The summed E-state index contributed by atoms with van der Waals surface area (Å²) < 4.78 is 27.6. The van der Waals surface area contributed by atoms with Crippen molar-refractivity contribution in [2.24, 2.45) is 10.7 Å². The summed E-state index contributed by atoms with van der Waals surface area (Å²) in [5.41, 5.74) is 7.33. The molecule has 2 rings (SSSR count). The quantitative estimate of drug-likeness (QED) is 0.401. The zero-order chi connectivity index (χ0) is 23.5. The summed E-state index contributed by atoms with van der Waals surface area (Å²) in [7, 11) is 0. The molecule has 0 spiro atoms. The molecule has 7 heteroatoms. The summed E-state index contributed by atoms with van der Waals surface area (Å²) >= 11 is 0. The van der Waals surface area contributed by atoms with Gasteiger partial charge in [0.25, 0.3) is 5.91 Å². The fraction of sp³-hybridized carbons (Fsp3) is 0.440. The Balaban J connectivity index is 1.98. The highest BCUT2D eigenvalue weighted by molar-refractivity contribution is 6.06. The van der Waals surface area contributed by atoms with Crippen LogP contribution < -0.4 is 11.1 Å². The van der Waals surface area contributed by atoms with E-state index in [4.69, 9.17) is 5.73 Å². The van der Waals surface area contributed by atoms with Gasteiger partial charge in [-0.15, -0.1) is 0 Å². The van der Waals surface area contributed by atoms with Gasteiger partial charge in [-0.2, -0.15) is 0 Å². The summed E-state index contributed by atoms with van der Waals surface area (Å²) in [5, 5.41) is 2.58. The van der Waals surface area contributed by atoms with Gasteiger partial charge in [0.15, 0.2) is 5.96 Å². The second-order valence-corrected chi connectivity index (χ2v) is 7.88. The Hall–Kier alpha value is -2.80. The van der Waals surface area contributed by atoms with E-state index in [-0.39, 0.29) is 23.4 Å². The molecule has 3 N–H and O–H groups in total. The first-order valence-electron chi connectivity index (χ1n) is 11.2. The minimum Gasteiger partial charge on any atom is -0.370 e. The summed E-state index contributed by atoms with van der Waals surface area (Å²) in [6, 6.07) is 10.4. The molecule has 2 aromatic rings. The van der Waals surface area contributed by atoms with Crippen LogP contribution in [0.25, 0.3) is 0 Å². The fourth-order valence-corrected chi connectivity index (χ4v) is 3.61. The van der Waals surface area contributed by atoms with Gasteiger partial charge in [-0.1, -0.05) is 32.0 Å². The molecular formula is C25H34F2N4O. The number of nitrogens with zero attached hydrogens (tertiary/aromatic N) is 2. The van der Waals surface area contributed by atoms with E-state index in [0.29, 0.717) is 18.4 Å². The molecule has 1 unspecified atom stereocenters. The normalized spacial score (nSPS) is 12.8. The third kappa shape index (κ3) is 8.04. The molecule has 0 aliphatic heterocycles. The van der Waals surface area contributed by atoms with E-state index in [9.17, 15) is 13.6 Å². The van der Waals surface area contributed by atoms with Crippen LogP contribution in [0.3, 0.4) is 0 Å². The van der Waals surface area contributed by atoms with Crippen LogP contribution >= 0.6 is 0 Å². The summed E-state index contributed by atoms with van der Waals surface area (Å²) in [6.45, 7) is 9.27. The lowest BCUT2D eigenvalue weighted by Gasteiger charge is -2.18. The second kappa shape index (κ2) is 12.9. The van der Waals surface area contributed by atoms with E-state index >= 15 is 0 Å². The predicted octanol–water partition coefficient (Wildman–Crippen LogP) is 4.31. The Bertz CT molecular complexity index is 895. The molecule has 0 aliphatic rings. The van der Waals surface area contributed by atoms with Crippen molar-refractivity contribution >= 4 is 11.9 Å². The maximum absolute atomic E-state index is 14.5. The number of rotatable bonds is 11. The number of nitrogens with two attached hydrogens (primary N) is 1. The zero-order valence-electron chi connectivity index (χ0n) is 19.2. The van der Waals surface area contributed by atoms with Crippen LogP contribution in [0.1, 0.15) is 55.1 Å². The maximum atomic E-state index is 14.5. The molecule has 0 fully saturated rings. The van der Waals surface area contributed by atoms with Gasteiger partial charge in [-0.25, -0.2) is 8.78 Å². The van der Waals surface area contributed by atoms with E-state index in [1.54, 1.807) is 18.2 Å². The molecule has 0 saturated heterocycles. The summed E-state index contributed by atoms with van der Waals surface area (Å²) in [6.07, 6.45) is 2.63. The molecule has 0 aromatic heterocycles. The first kappa shape index (κ1) is 25.5. The molecule has 1 atom stereocenters. The molecule has 174 valence electrons. The number of carbonyl (C=O) groups is 1. The van der Waals surface area contributed by atoms with Crippen molar-refractivity contribution in [2.45, 2.75) is 52.5 Å². The molecule has 0 heterocycles. The van der Waals surface area contributed by atoms with E-state index in [1.807, 2.05) is 6.92 Å². The Morgan fingerprint density at radius 1 is 1.09 bits per heavy atom. The number of carbonyl (C=O) groups excluding carboxylic acids is 1. The van der Waals surface area contributed by atoms with E-state index in [0.717, 1.165) is 38.0 Å². The van der Waals surface area contributed by atoms with Crippen LogP contribution in [-0.4, -0.2) is 42.4 Å². The highest BCUT2D eigenvalue weighted by Gasteiger charge is 2.16. The van der Waals surface area contributed by atoms with Crippen LogP contribution in [-0.2, 0) is 12.8 Å². The lowest BCUT2D eigenvalue weighted by molar-refractivity contribution is 0.0975. The number of halogens is 2. The second-order valence-electron chi connectivity index (χ2n) is 7.88.